The van der Waals surface area contributed by atoms with Crippen molar-refractivity contribution in [1.29, 1.82) is 0 Å². The molecule has 0 bridgehead atoms. The highest BCUT2D eigenvalue weighted by Gasteiger charge is 2.14. The molecule has 0 saturated carbocycles. The topological polar surface area (TPSA) is 64.0 Å². The van der Waals surface area contributed by atoms with Gasteiger partial charge in [0.25, 0.3) is 5.91 Å². The summed E-state index contributed by atoms with van der Waals surface area (Å²) in [5, 5.41) is 2.87. The van der Waals surface area contributed by atoms with Gasteiger partial charge in [-0.2, -0.15) is 0 Å². The Bertz CT molecular complexity index is 936. The monoisotopic (exact) mass is 311 g/mol. The van der Waals surface area contributed by atoms with Gasteiger partial charge in [0.2, 0.25) is 5.43 Å². The Hall–Kier alpha value is -3.02. The highest BCUT2D eigenvalue weighted by Crippen LogP contribution is 2.12. The lowest BCUT2D eigenvalue weighted by molar-refractivity contribution is 0.0949. The third kappa shape index (κ3) is 2.96. The average Bonchev–Trinajstić information content (AvgIpc) is 2.56. The van der Waals surface area contributed by atoms with Crippen LogP contribution in [0, 0.1) is 5.82 Å². The number of amides is 1. The summed E-state index contributed by atoms with van der Waals surface area (Å²) >= 11 is 0. The second-order valence-corrected chi connectivity index (χ2v) is 5.18. The second-order valence-electron chi connectivity index (χ2n) is 5.18. The van der Waals surface area contributed by atoms with Crippen molar-refractivity contribution in [1.82, 2.24) is 14.9 Å². The van der Waals surface area contributed by atoms with Crippen molar-refractivity contribution in [2.24, 2.45) is 7.05 Å². The largest absolute Gasteiger partial charge is 0.350 e. The predicted molar refractivity (Wildman–Crippen MR) is 84.6 cm³/mol. The second kappa shape index (κ2) is 6.00. The van der Waals surface area contributed by atoms with E-state index in [0.717, 1.165) is 11.6 Å². The number of halogens is 1. The van der Waals surface area contributed by atoms with Gasteiger partial charge in [-0.15, -0.1) is 0 Å². The Labute approximate surface area is 131 Å². The Morgan fingerprint density at radius 1 is 1.26 bits per heavy atom. The van der Waals surface area contributed by atoms with E-state index in [1.807, 2.05) is 0 Å². The number of pyridine rings is 2. The smallest absolute Gasteiger partial charge is 0.257 e. The van der Waals surface area contributed by atoms with Crippen LogP contribution in [0.4, 0.5) is 4.39 Å². The maximum atomic E-state index is 13.4. The molecule has 1 amide bonds. The highest BCUT2D eigenvalue weighted by atomic mass is 19.1. The molecule has 0 aliphatic carbocycles. The summed E-state index contributed by atoms with van der Waals surface area (Å²) < 4.78 is 15.0. The standard InChI is InChI=1S/C17H14FN3O2/c1-21-10-14(16(22)13-8-12(18)2-3-15(13)21)17(23)20-9-11-4-6-19-7-5-11/h2-8,10H,9H2,1H3,(H,20,23). The van der Waals surface area contributed by atoms with Crippen LogP contribution in [0.5, 0.6) is 0 Å². The van der Waals surface area contributed by atoms with Crippen molar-refractivity contribution < 1.29 is 9.18 Å². The quantitative estimate of drug-likeness (QED) is 0.804. The fourth-order valence-electron chi connectivity index (χ4n) is 2.40. The molecule has 0 atom stereocenters. The average molecular weight is 311 g/mol. The van der Waals surface area contributed by atoms with Crippen LogP contribution in [-0.2, 0) is 13.6 Å². The van der Waals surface area contributed by atoms with E-state index in [0.29, 0.717) is 5.52 Å². The van der Waals surface area contributed by atoms with Crippen LogP contribution < -0.4 is 10.7 Å². The predicted octanol–water partition coefficient (Wildman–Crippen LogP) is 2.00. The zero-order chi connectivity index (χ0) is 16.4. The van der Waals surface area contributed by atoms with Gasteiger partial charge in [0.15, 0.2) is 0 Å². The number of nitrogens with one attached hydrogen (secondary N) is 1. The van der Waals surface area contributed by atoms with E-state index in [1.165, 1.54) is 18.3 Å². The van der Waals surface area contributed by atoms with E-state index in [2.05, 4.69) is 10.3 Å². The molecule has 0 radical (unpaired) electrons. The molecule has 116 valence electrons. The number of carbonyl (C=O) groups excluding carboxylic acids is 1. The maximum Gasteiger partial charge on any atom is 0.257 e. The van der Waals surface area contributed by atoms with Gasteiger partial charge in [-0.05, 0) is 35.9 Å². The van der Waals surface area contributed by atoms with Crippen LogP contribution in [0.15, 0.2) is 53.7 Å². The van der Waals surface area contributed by atoms with Gasteiger partial charge in [0.05, 0.1) is 5.52 Å². The molecule has 5 nitrogen and oxygen atoms in total. The Kier molecular flexibility index (Phi) is 3.89. The summed E-state index contributed by atoms with van der Waals surface area (Å²) in [4.78, 5) is 28.6. The normalized spacial score (nSPS) is 10.7. The summed E-state index contributed by atoms with van der Waals surface area (Å²) in [6.45, 7) is 0.283. The molecule has 0 saturated heterocycles. The molecule has 0 aliphatic rings. The number of fused-ring (bicyclic) bond motifs is 1. The van der Waals surface area contributed by atoms with E-state index < -0.39 is 17.2 Å². The van der Waals surface area contributed by atoms with Gasteiger partial charge < -0.3 is 9.88 Å². The van der Waals surface area contributed by atoms with Crippen LogP contribution in [0.25, 0.3) is 10.9 Å². The Balaban J connectivity index is 1.94. The van der Waals surface area contributed by atoms with Crippen LogP contribution in [0.3, 0.4) is 0 Å². The molecule has 3 aromatic rings. The number of aromatic nitrogens is 2. The molecule has 2 aromatic heterocycles. The molecule has 6 heteroatoms. The number of hydrogen-bond acceptors (Lipinski definition) is 3. The third-order valence-electron chi connectivity index (χ3n) is 3.60. The van der Waals surface area contributed by atoms with Crippen molar-refractivity contribution in [2.45, 2.75) is 6.54 Å². The fourth-order valence-corrected chi connectivity index (χ4v) is 2.40. The third-order valence-corrected chi connectivity index (χ3v) is 3.60. The minimum Gasteiger partial charge on any atom is -0.350 e. The molecule has 0 spiro atoms. The lowest BCUT2D eigenvalue weighted by Crippen LogP contribution is -2.29. The first-order valence-electron chi connectivity index (χ1n) is 7.02. The molecule has 1 aromatic carbocycles. The number of nitrogens with zero attached hydrogens (tertiary/aromatic N) is 2. The molecule has 0 unspecified atom stereocenters. The van der Waals surface area contributed by atoms with Crippen molar-refractivity contribution in [3.05, 3.63) is 76.1 Å². The molecule has 3 rings (SSSR count). The molecular weight excluding hydrogens is 297 g/mol. The first-order valence-corrected chi connectivity index (χ1v) is 7.02. The summed E-state index contributed by atoms with van der Waals surface area (Å²) in [7, 11) is 1.71. The van der Waals surface area contributed by atoms with Crippen LogP contribution >= 0.6 is 0 Å². The number of benzene rings is 1. The van der Waals surface area contributed by atoms with Gasteiger partial charge in [0.1, 0.15) is 11.4 Å². The summed E-state index contributed by atoms with van der Waals surface area (Å²) in [6.07, 6.45) is 4.71. The zero-order valence-electron chi connectivity index (χ0n) is 12.4. The van der Waals surface area contributed by atoms with Crippen molar-refractivity contribution >= 4 is 16.8 Å². The first kappa shape index (κ1) is 14.9. The molecule has 23 heavy (non-hydrogen) atoms. The molecule has 1 N–H and O–H groups in total. The van der Waals surface area contributed by atoms with Crippen LogP contribution in [0.2, 0.25) is 0 Å². The lowest BCUT2D eigenvalue weighted by atomic mass is 10.1. The molecule has 2 heterocycles. The van der Waals surface area contributed by atoms with Crippen LogP contribution in [-0.4, -0.2) is 15.5 Å². The summed E-state index contributed by atoms with van der Waals surface area (Å²) in [6, 6.07) is 7.50. The van der Waals surface area contributed by atoms with Crippen molar-refractivity contribution in [3.63, 3.8) is 0 Å². The van der Waals surface area contributed by atoms with E-state index in [1.54, 1.807) is 36.1 Å². The van der Waals surface area contributed by atoms with E-state index >= 15 is 0 Å². The van der Waals surface area contributed by atoms with E-state index in [9.17, 15) is 14.0 Å². The SMILES string of the molecule is Cn1cc(C(=O)NCc2ccncc2)c(=O)c2cc(F)ccc21. The first-order chi connectivity index (χ1) is 11.1. The highest BCUT2D eigenvalue weighted by molar-refractivity contribution is 5.97. The molecule has 0 fully saturated rings. The minimum absolute atomic E-state index is 0.0142. The lowest BCUT2D eigenvalue weighted by Gasteiger charge is -2.09. The van der Waals surface area contributed by atoms with E-state index in [-0.39, 0.29) is 17.5 Å². The number of hydrogen-bond donors (Lipinski definition) is 1. The van der Waals surface area contributed by atoms with Gasteiger partial charge in [-0.25, -0.2) is 4.39 Å². The van der Waals surface area contributed by atoms with Gasteiger partial charge in [-0.1, -0.05) is 0 Å². The van der Waals surface area contributed by atoms with Crippen molar-refractivity contribution in [2.75, 3.05) is 0 Å². The minimum atomic E-state index is -0.510. The Morgan fingerprint density at radius 2 is 2.00 bits per heavy atom. The molecular formula is C17H14FN3O2. The van der Waals surface area contributed by atoms with Crippen molar-refractivity contribution in [3.8, 4) is 0 Å². The number of carbonyl (C=O) groups is 1. The number of aryl methyl sites for hydroxylation is 1. The maximum absolute atomic E-state index is 13.4. The molecule has 0 aliphatic heterocycles. The fraction of sp³-hybridized carbons (Fsp3) is 0.118. The van der Waals surface area contributed by atoms with Gasteiger partial charge >= 0.3 is 0 Å². The number of rotatable bonds is 3. The zero-order valence-corrected chi connectivity index (χ0v) is 12.4. The van der Waals surface area contributed by atoms with E-state index in [4.69, 9.17) is 0 Å². The summed E-state index contributed by atoms with van der Waals surface area (Å²) in [5.74, 6) is -1.00. The van der Waals surface area contributed by atoms with Gasteiger partial charge in [0, 0.05) is 37.6 Å². The summed E-state index contributed by atoms with van der Waals surface area (Å²) in [5.41, 5.74) is 0.948. The van der Waals surface area contributed by atoms with Gasteiger partial charge in [-0.3, -0.25) is 14.6 Å². The van der Waals surface area contributed by atoms with Crippen LogP contribution in [0.1, 0.15) is 15.9 Å². The Morgan fingerprint density at radius 3 is 2.74 bits per heavy atom.